The fraction of sp³-hybridized carbons (Fsp3) is 0.517. The van der Waals surface area contributed by atoms with Crippen molar-refractivity contribution >= 4 is 28.4 Å². The van der Waals surface area contributed by atoms with Crippen molar-refractivity contribution in [2.45, 2.75) is 39.0 Å². The summed E-state index contributed by atoms with van der Waals surface area (Å²) in [6, 6.07) is 6.11. The van der Waals surface area contributed by atoms with Gasteiger partial charge in [-0.2, -0.15) is 0 Å². The Balaban J connectivity index is 1.18. The van der Waals surface area contributed by atoms with E-state index in [9.17, 15) is 4.79 Å². The average Bonchev–Trinajstić information content (AvgIpc) is 3.51. The number of methoxy groups -OCH3 is 1. The van der Waals surface area contributed by atoms with E-state index in [2.05, 4.69) is 31.2 Å². The Morgan fingerprint density at radius 1 is 1.07 bits per heavy atom. The molecule has 11 nitrogen and oxygen atoms in total. The highest BCUT2D eigenvalue weighted by Gasteiger charge is 2.22. The molecule has 3 N–H and O–H groups in total. The lowest BCUT2D eigenvalue weighted by Crippen LogP contribution is -2.37. The van der Waals surface area contributed by atoms with Crippen molar-refractivity contribution in [2.24, 2.45) is 5.92 Å². The highest BCUT2D eigenvalue weighted by Crippen LogP contribution is 2.35. The van der Waals surface area contributed by atoms with E-state index in [1.807, 2.05) is 19.1 Å². The summed E-state index contributed by atoms with van der Waals surface area (Å²) in [7, 11) is 1.68. The summed E-state index contributed by atoms with van der Waals surface area (Å²) >= 11 is 0. The van der Waals surface area contributed by atoms with Crippen LogP contribution in [0.2, 0.25) is 0 Å². The summed E-state index contributed by atoms with van der Waals surface area (Å²) in [5, 5.41) is 13.5. The summed E-state index contributed by atoms with van der Waals surface area (Å²) in [5.41, 5.74) is 4.71. The van der Waals surface area contributed by atoms with E-state index >= 15 is 0 Å². The number of fused-ring (bicyclic) bond motifs is 1. The van der Waals surface area contributed by atoms with Crippen molar-refractivity contribution in [1.29, 1.82) is 0 Å². The molecule has 2 fully saturated rings. The van der Waals surface area contributed by atoms with Crippen LogP contribution in [0, 0.1) is 12.8 Å². The summed E-state index contributed by atoms with van der Waals surface area (Å²) in [4.78, 5) is 29.5. The van der Waals surface area contributed by atoms with Crippen molar-refractivity contribution in [3.05, 3.63) is 41.9 Å². The predicted molar refractivity (Wildman–Crippen MR) is 154 cm³/mol. The molecule has 2 aromatic heterocycles. The first-order valence-corrected chi connectivity index (χ1v) is 14.1. The predicted octanol–water partition coefficient (Wildman–Crippen LogP) is 3.65. The Bertz CT molecular complexity index is 1290. The number of amides is 1. The van der Waals surface area contributed by atoms with Crippen LogP contribution in [0.3, 0.4) is 0 Å². The molecular formula is C29H39N7O4. The molecule has 214 valence electrons. The number of aryl methyl sites for hydroxylation is 1. The van der Waals surface area contributed by atoms with Crippen molar-refractivity contribution in [2.75, 3.05) is 63.2 Å². The second-order valence-corrected chi connectivity index (χ2v) is 10.6. The zero-order valence-electron chi connectivity index (χ0n) is 23.4. The first kappa shape index (κ1) is 27.9. The van der Waals surface area contributed by atoms with E-state index in [1.54, 1.807) is 12.6 Å². The van der Waals surface area contributed by atoms with Crippen LogP contribution < -0.4 is 25.2 Å². The third-order valence-corrected chi connectivity index (χ3v) is 7.78. The van der Waals surface area contributed by atoms with E-state index in [1.165, 1.54) is 38.3 Å². The number of carbonyl (C=O) groups excluding carboxylic acids is 1. The van der Waals surface area contributed by atoms with Crippen molar-refractivity contribution in [3.63, 3.8) is 0 Å². The largest absolute Gasteiger partial charge is 0.493 e. The minimum atomic E-state index is -0.621. The minimum Gasteiger partial charge on any atom is -0.493 e. The van der Waals surface area contributed by atoms with E-state index < -0.39 is 5.91 Å². The van der Waals surface area contributed by atoms with Gasteiger partial charge in [0.2, 0.25) is 5.95 Å². The van der Waals surface area contributed by atoms with Crippen LogP contribution in [-0.2, 0) is 0 Å². The van der Waals surface area contributed by atoms with Crippen LogP contribution in [-0.4, -0.2) is 84.0 Å². The highest BCUT2D eigenvalue weighted by atomic mass is 16.5. The van der Waals surface area contributed by atoms with Gasteiger partial charge >= 0.3 is 0 Å². The maximum absolute atomic E-state index is 11.5. The summed E-state index contributed by atoms with van der Waals surface area (Å²) in [5.74, 6) is 1.93. The van der Waals surface area contributed by atoms with Crippen molar-refractivity contribution in [3.8, 4) is 11.5 Å². The summed E-state index contributed by atoms with van der Waals surface area (Å²) in [6.45, 7) is 8.66. The highest BCUT2D eigenvalue weighted by molar-refractivity contribution is 5.94. The average molecular weight is 550 g/mol. The molecule has 0 aliphatic carbocycles. The second kappa shape index (κ2) is 13.1. The van der Waals surface area contributed by atoms with Crippen LogP contribution in [0.5, 0.6) is 11.5 Å². The molecule has 0 atom stereocenters. The molecule has 0 bridgehead atoms. The molecule has 11 heteroatoms. The number of pyridine rings is 1. The van der Waals surface area contributed by atoms with E-state index in [0.29, 0.717) is 18.5 Å². The van der Waals surface area contributed by atoms with Gasteiger partial charge in [0, 0.05) is 61.4 Å². The molecule has 2 aliphatic heterocycles. The number of anilines is 2. The molecule has 3 aromatic rings. The normalized spacial score (nSPS) is 16.3. The lowest BCUT2D eigenvalue weighted by Gasteiger charge is -2.32. The Morgan fingerprint density at radius 2 is 1.82 bits per heavy atom. The molecule has 0 radical (unpaired) electrons. The lowest BCUT2D eigenvalue weighted by atomic mass is 9.96. The number of benzene rings is 1. The van der Waals surface area contributed by atoms with Gasteiger partial charge in [0.05, 0.1) is 24.8 Å². The van der Waals surface area contributed by atoms with Crippen LogP contribution in [0.1, 0.15) is 48.2 Å². The second-order valence-electron chi connectivity index (χ2n) is 10.6. The Labute approximate surface area is 234 Å². The standard InChI is InChI=1S/C29H39N7O4/c1-20-14-24(30-17-21-6-11-36(12-7-21)29-31-18-22(19-32-29)28(37)34-38)23-15-26(39-2)27(16-25(23)33-20)40-13-5-10-35-8-3-4-9-35/h14-16,18-19,21,38H,3-13,17H2,1-2H3,(H,30,33)(H,34,37). The van der Waals surface area contributed by atoms with Crippen molar-refractivity contribution < 1.29 is 19.5 Å². The van der Waals surface area contributed by atoms with Gasteiger partial charge in [-0.1, -0.05) is 0 Å². The Kier molecular flexibility index (Phi) is 9.12. The number of carbonyl (C=O) groups is 1. The van der Waals surface area contributed by atoms with Crippen LogP contribution in [0.25, 0.3) is 10.9 Å². The van der Waals surface area contributed by atoms with Gasteiger partial charge in [-0.15, -0.1) is 0 Å². The maximum atomic E-state index is 11.5. The Morgan fingerprint density at radius 3 is 2.52 bits per heavy atom. The molecule has 5 rings (SSSR count). The first-order valence-electron chi connectivity index (χ1n) is 14.1. The molecule has 0 saturated carbocycles. The zero-order valence-corrected chi connectivity index (χ0v) is 23.4. The third kappa shape index (κ3) is 6.71. The minimum absolute atomic E-state index is 0.220. The number of nitrogens with one attached hydrogen (secondary N) is 2. The van der Waals surface area contributed by atoms with Crippen molar-refractivity contribution in [1.82, 2.24) is 25.3 Å². The number of hydroxylamine groups is 1. The van der Waals surface area contributed by atoms with Crippen LogP contribution in [0.15, 0.2) is 30.6 Å². The smallest absolute Gasteiger partial charge is 0.277 e. The molecule has 0 unspecified atom stereocenters. The third-order valence-electron chi connectivity index (χ3n) is 7.78. The molecule has 1 amide bonds. The fourth-order valence-electron chi connectivity index (χ4n) is 5.52. The van der Waals surface area contributed by atoms with E-state index in [4.69, 9.17) is 19.7 Å². The molecule has 1 aromatic carbocycles. The van der Waals surface area contributed by atoms with Gasteiger partial charge < -0.3 is 24.6 Å². The Hall–Kier alpha value is -3.70. The molecule has 40 heavy (non-hydrogen) atoms. The molecular weight excluding hydrogens is 510 g/mol. The number of hydrogen-bond donors (Lipinski definition) is 3. The molecule has 0 spiro atoms. The topological polar surface area (TPSA) is 125 Å². The number of nitrogens with zero attached hydrogens (tertiary/aromatic N) is 5. The molecule has 4 heterocycles. The SMILES string of the molecule is COc1cc2c(NCC3CCN(c4ncc(C(=O)NO)cn4)CC3)cc(C)nc2cc1OCCCN1CCCC1. The van der Waals surface area contributed by atoms with Gasteiger partial charge in [-0.05, 0) is 70.2 Å². The van der Waals surface area contributed by atoms with Gasteiger partial charge in [0.25, 0.3) is 5.91 Å². The maximum Gasteiger partial charge on any atom is 0.277 e. The fourth-order valence-corrected chi connectivity index (χ4v) is 5.52. The molecule has 2 saturated heterocycles. The summed E-state index contributed by atoms with van der Waals surface area (Å²) < 4.78 is 11.8. The number of rotatable bonds is 11. The number of hydrogen-bond acceptors (Lipinski definition) is 10. The van der Waals surface area contributed by atoms with Crippen LogP contribution >= 0.6 is 0 Å². The lowest BCUT2D eigenvalue weighted by molar-refractivity contribution is 0.0705. The first-order chi connectivity index (χ1) is 19.5. The molecule has 2 aliphatic rings. The number of piperidine rings is 1. The van der Waals surface area contributed by atoms with Gasteiger partial charge in [-0.25, -0.2) is 15.4 Å². The van der Waals surface area contributed by atoms with Gasteiger partial charge in [0.1, 0.15) is 0 Å². The van der Waals surface area contributed by atoms with E-state index in [0.717, 1.165) is 79.2 Å². The van der Waals surface area contributed by atoms with Crippen LogP contribution in [0.4, 0.5) is 11.6 Å². The number of likely N-dealkylation sites (tertiary alicyclic amines) is 1. The van der Waals surface area contributed by atoms with E-state index in [-0.39, 0.29) is 5.56 Å². The summed E-state index contributed by atoms with van der Waals surface area (Å²) in [6.07, 6.45) is 8.45. The van der Waals surface area contributed by atoms with Gasteiger partial charge in [-0.3, -0.25) is 15.0 Å². The number of aromatic nitrogens is 3. The monoisotopic (exact) mass is 549 g/mol. The van der Waals surface area contributed by atoms with Gasteiger partial charge in [0.15, 0.2) is 11.5 Å². The zero-order chi connectivity index (χ0) is 27.9. The number of ether oxygens (including phenoxy) is 2. The quantitative estimate of drug-likeness (QED) is 0.185.